The molecule has 0 bridgehead atoms. The first-order chi connectivity index (χ1) is 29.5. The summed E-state index contributed by atoms with van der Waals surface area (Å²) in [4.78, 5) is 53.8. The van der Waals surface area contributed by atoms with Crippen molar-refractivity contribution in [2.45, 2.75) is 194 Å². The number of nitrogens with two attached hydrogens (primary N) is 1. The molecule has 0 atom stereocenters. The number of halogens is 6. The molecule has 16 heteroatoms. The van der Waals surface area contributed by atoms with E-state index >= 15 is 0 Å². The van der Waals surface area contributed by atoms with Crippen LogP contribution in [0.2, 0.25) is 0 Å². The Kier molecular flexibility index (Phi) is 33.5. The van der Waals surface area contributed by atoms with Crippen LogP contribution in [0.15, 0.2) is 48.5 Å². The van der Waals surface area contributed by atoms with Gasteiger partial charge in [-0.3, -0.25) is 9.59 Å². The molecule has 3 fully saturated rings. The van der Waals surface area contributed by atoms with Crippen molar-refractivity contribution in [3.8, 4) is 0 Å². The molecule has 2 aromatic rings. The van der Waals surface area contributed by atoms with Crippen molar-refractivity contribution in [1.82, 2.24) is 16.0 Å². The van der Waals surface area contributed by atoms with E-state index in [1.807, 2.05) is 49.4 Å². The Labute approximate surface area is 463 Å². The molecule has 3 aliphatic heterocycles. The number of ether oxygens (including phenoxy) is 1. The number of Topliss-reactive ketones (excluding diaryl/α,β-unsaturated/α-hetero) is 2. The molecule has 0 unspecified atom stereocenters. The first-order valence-electron chi connectivity index (χ1n) is 22.0. The Bertz CT molecular complexity index is 1670. The van der Waals surface area contributed by atoms with Crippen molar-refractivity contribution in [2.24, 2.45) is 17.6 Å². The average molecular weight is 1580 g/mol. The molecule has 0 amide bonds. The van der Waals surface area contributed by atoms with Gasteiger partial charge in [0.1, 0.15) is 0 Å². The summed E-state index contributed by atoms with van der Waals surface area (Å²) >= 11 is 9.54. The largest absolute Gasteiger partial charge is 0.373 e. The van der Waals surface area contributed by atoms with Gasteiger partial charge < -0.3 is 26.4 Å². The molecule has 3 saturated heterocycles. The third kappa shape index (κ3) is 29.1. The van der Waals surface area contributed by atoms with Crippen molar-refractivity contribution in [1.29, 1.82) is 0 Å². The molecule has 0 aromatic heterocycles. The van der Waals surface area contributed by atoms with E-state index in [-0.39, 0.29) is 80.9 Å². The second-order valence-electron chi connectivity index (χ2n) is 21.1. The Morgan fingerprint density at radius 1 is 0.631 bits per heavy atom. The summed E-state index contributed by atoms with van der Waals surface area (Å²) in [6.07, 6.45) is 8.39. The van der Waals surface area contributed by atoms with Crippen molar-refractivity contribution < 1.29 is 42.0 Å². The van der Waals surface area contributed by atoms with Crippen LogP contribution in [0.1, 0.15) is 185 Å². The zero-order valence-electron chi connectivity index (χ0n) is 41.2. The van der Waals surface area contributed by atoms with E-state index in [0.29, 0.717) is 67.3 Å². The van der Waals surface area contributed by atoms with Crippen LogP contribution < -0.4 is 34.9 Å². The monoisotopic (exact) mass is 1580 g/mol. The van der Waals surface area contributed by atoms with Crippen LogP contribution in [-0.2, 0) is 20.7 Å². The molecule has 0 radical (unpaired) electrons. The second kappa shape index (κ2) is 32.0. The van der Waals surface area contributed by atoms with Crippen LogP contribution in [0.3, 0.4) is 0 Å². The number of hydrogen-bond donors (Lipinski definition) is 4. The van der Waals surface area contributed by atoms with Crippen LogP contribution in [0.4, 0.5) is 0 Å². The Balaban J connectivity index is 0. The standard InChI is InChI=1S/C28H44N2O2.C11H14O2.C9H20N2.CO2.I3.I2.HI/c1-25(2)15-19(16-26(3,4)29-25)12-23(31)21-10-9-11-22(14-21)24(32)13-20-17-27(5,6)30-28(7,8)18-20;1-3-9-6-5-7-10(8-9)11(12)13-4-2;1-8(2)5-7(10)6-9(3,4)11-8;2-1-3;1-3-2;1-2;/h9-11,14,19-20,29-30H,12-13,15-18H2,1-8H3;5-8H,3-4H2,1-2H3;7,11H,5-6,10H2,1-4H3;;;;1H/q;;;;-1;;. The van der Waals surface area contributed by atoms with Gasteiger partial charge in [0.05, 0.1) is 12.2 Å². The minimum atomic E-state index is -0.238. The van der Waals surface area contributed by atoms with Gasteiger partial charge in [-0.1, -0.05) is 37.3 Å². The average Bonchev–Trinajstić information content (AvgIpc) is 3.13. The quantitative estimate of drug-likeness (QED) is 0.108. The molecule has 2 aromatic carbocycles. The predicted molar refractivity (Wildman–Crippen MR) is 309 cm³/mol. The van der Waals surface area contributed by atoms with Crippen LogP contribution in [0.25, 0.3) is 0 Å². The Morgan fingerprint density at radius 3 is 1.25 bits per heavy atom. The van der Waals surface area contributed by atoms with Crippen LogP contribution >= 0.6 is 98.4 Å². The van der Waals surface area contributed by atoms with Crippen molar-refractivity contribution in [3.05, 3.63) is 70.8 Å². The number of benzene rings is 2. The Hall–Kier alpha value is 0.850. The smallest absolute Gasteiger partial charge is 0.186 e. The molecule has 5 N–H and O–H groups in total. The molecule has 10 nitrogen and oxygen atoms in total. The summed E-state index contributed by atoms with van der Waals surface area (Å²) in [6, 6.07) is 15.3. The van der Waals surface area contributed by atoms with Gasteiger partial charge in [0.15, 0.2) is 11.6 Å². The minimum Gasteiger partial charge on any atom is -0.186 e. The number of nitrogens with one attached hydrogen (secondary N) is 3. The van der Waals surface area contributed by atoms with Crippen molar-refractivity contribution in [2.75, 3.05) is 6.61 Å². The molecule has 0 spiro atoms. The third-order valence-corrected chi connectivity index (χ3v) is 11.1. The maximum Gasteiger partial charge on any atom is 0.373 e. The number of piperidine rings is 3. The van der Waals surface area contributed by atoms with Gasteiger partial charge >= 0.3 is 62.6 Å². The summed E-state index contributed by atoms with van der Waals surface area (Å²) < 4.78 is 4.89. The minimum absolute atomic E-state index is 0. The summed E-state index contributed by atoms with van der Waals surface area (Å²) in [5, 5.41) is 11.0. The number of rotatable bonds is 9. The summed E-state index contributed by atoms with van der Waals surface area (Å²) in [7, 11) is 0. The van der Waals surface area contributed by atoms with E-state index in [9.17, 15) is 14.4 Å². The summed E-state index contributed by atoms with van der Waals surface area (Å²) in [5.41, 5.74) is 9.63. The molecule has 5 rings (SSSR count). The van der Waals surface area contributed by atoms with E-state index in [1.165, 1.54) is 0 Å². The van der Waals surface area contributed by atoms with Gasteiger partial charge in [-0.05, 0) is 171 Å². The van der Waals surface area contributed by atoms with Gasteiger partial charge in [-0.2, -0.15) is 9.59 Å². The number of carbonyl (C=O) groups excluding carboxylic acids is 5. The number of hydrogen-bond acceptors (Lipinski definition) is 10. The molecule has 3 heterocycles. The molecule has 0 saturated carbocycles. The first kappa shape index (κ1) is 67.9. The van der Waals surface area contributed by atoms with Crippen molar-refractivity contribution >= 4 is 122 Å². The van der Waals surface area contributed by atoms with Crippen LogP contribution in [0, 0.1) is 11.8 Å². The van der Waals surface area contributed by atoms with Crippen molar-refractivity contribution in [3.63, 3.8) is 0 Å². The maximum absolute atomic E-state index is 13.1. The SMILES string of the molecule is CC1(C)CC(CC(=O)c2cccc(C(=O)CC3CC(C)(C)NC(C)(C)C3)c2)CC(C)(C)N1.CC1(C)CC(N)CC(C)(C)N1.CCOC(=O)c1cccc(CC)c1.I.II.I[I-]I.O=C=O. The van der Waals surface area contributed by atoms with Gasteiger partial charge in [0.2, 0.25) is 0 Å². The molecular weight excluding hydrogens is 1500 g/mol. The topological polar surface area (TPSA) is 157 Å². The molecule has 0 aliphatic carbocycles. The van der Waals surface area contributed by atoms with Gasteiger partial charge in [0, 0.05) is 100 Å². The molecular formula is C49H79I6N4O6-. The second-order valence-corrected chi connectivity index (χ2v) is 37.4. The summed E-state index contributed by atoms with van der Waals surface area (Å²) in [5.74, 6) is 0.780. The number of aryl methyl sites for hydroxylation is 1. The Morgan fingerprint density at radius 2 is 0.938 bits per heavy atom. The fraction of sp³-hybridized carbons (Fsp3) is 0.673. The third-order valence-electron chi connectivity index (χ3n) is 11.1. The van der Waals surface area contributed by atoms with Gasteiger partial charge in [-0.25, -0.2) is 4.79 Å². The maximum atomic E-state index is 13.1. The molecule has 65 heavy (non-hydrogen) atoms. The zero-order valence-corrected chi connectivity index (χ0v) is 54.4. The van der Waals surface area contributed by atoms with E-state index in [1.54, 1.807) is 6.07 Å². The van der Waals surface area contributed by atoms with Crippen LogP contribution in [-0.4, -0.2) is 69.6 Å². The zero-order chi connectivity index (χ0) is 49.7. The number of carbonyl (C=O) groups is 3. The number of ketones is 2. The van der Waals surface area contributed by atoms with Gasteiger partial charge in [-0.15, -0.1) is 24.0 Å². The fourth-order valence-corrected chi connectivity index (χ4v) is 10.5. The van der Waals surface area contributed by atoms with E-state index in [4.69, 9.17) is 20.1 Å². The molecule has 374 valence electrons. The van der Waals surface area contributed by atoms with Crippen LogP contribution in [0.5, 0.6) is 0 Å². The summed E-state index contributed by atoms with van der Waals surface area (Å²) in [6.45, 7) is 30.9. The predicted octanol–water partition coefficient (Wildman–Crippen LogP) is 10.2. The number of esters is 1. The van der Waals surface area contributed by atoms with E-state index in [0.717, 1.165) is 50.5 Å². The van der Waals surface area contributed by atoms with E-state index in [2.05, 4.69) is 180 Å². The normalized spacial score (nSPS) is 19.8. The molecule has 3 aliphatic rings. The first-order valence-corrected chi connectivity index (χ1v) is 40.9. The van der Waals surface area contributed by atoms with Gasteiger partial charge in [0.25, 0.3) is 0 Å². The fourth-order valence-electron chi connectivity index (χ4n) is 10.5. The van der Waals surface area contributed by atoms with E-state index < -0.39 is 0 Å².